The summed E-state index contributed by atoms with van der Waals surface area (Å²) in [5.41, 5.74) is 0. The summed E-state index contributed by atoms with van der Waals surface area (Å²) in [4.78, 5) is 13.2. The number of aryl methyl sites for hydroxylation is 1. The first-order valence-electron chi connectivity index (χ1n) is 8.94. The largest absolute Gasteiger partial charge is 0.339 e. The van der Waals surface area contributed by atoms with Crippen molar-refractivity contribution in [2.75, 3.05) is 20.1 Å². The van der Waals surface area contributed by atoms with Crippen LogP contribution in [0.4, 0.5) is 4.39 Å². The van der Waals surface area contributed by atoms with Crippen molar-refractivity contribution in [1.82, 2.24) is 29.5 Å². The molecule has 8 heteroatoms. The third-order valence-electron chi connectivity index (χ3n) is 5.09. The molecule has 136 valence electrons. The third kappa shape index (κ3) is 3.90. The summed E-state index contributed by atoms with van der Waals surface area (Å²) in [6.07, 6.45) is 5.80. The van der Waals surface area contributed by atoms with Gasteiger partial charge in [0.1, 0.15) is 12.0 Å². The molecule has 2 fully saturated rings. The lowest BCUT2D eigenvalue weighted by Gasteiger charge is -2.27. The third-order valence-corrected chi connectivity index (χ3v) is 5.09. The van der Waals surface area contributed by atoms with Crippen LogP contribution in [0, 0.1) is 0 Å². The molecule has 1 aliphatic heterocycles. The van der Waals surface area contributed by atoms with Gasteiger partial charge in [-0.25, -0.2) is 9.37 Å². The highest BCUT2D eigenvalue weighted by molar-refractivity contribution is 5.02. The maximum absolute atomic E-state index is 14.0. The molecule has 0 unspecified atom stereocenters. The predicted octanol–water partition coefficient (Wildman–Crippen LogP) is 1.72. The van der Waals surface area contributed by atoms with Gasteiger partial charge in [0, 0.05) is 44.5 Å². The van der Waals surface area contributed by atoms with Crippen LogP contribution in [0.15, 0.2) is 16.9 Å². The van der Waals surface area contributed by atoms with Crippen molar-refractivity contribution < 1.29 is 8.91 Å². The van der Waals surface area contributed by atoms with Crippen LogP contribution in [0.1, 0.15) is 42.7 Å². The number of imidazole rings is 1. The minimum atomic E-state index is -0.773. The number of hydrogen-bond acceptors (Lipinski definition) is 6. The van der Waals surface area contributed by atoms with Gasteiger partial charge in [0.25, 0.3) is 0 Å². The molecule has 2 aliphatic rings. The lowest BCUT2D eigenvalue weighted by Crippen LogP contribution is -2.38. The highest BCUT2D eigenvalue weighted by Gasteiger charge is 2.34. The molecule has 1 aliphatic carbocycles. The Bertz CT molecular complexity index is 712. The first-order valence-corrected chi connectivity index (χ1v) is 8.94. The molecule has 0 bridgehead atoms. The maximum atomic E-state index is 14.0. The molecule has 3 heterocycles. The van der Waals surface area contributed by atoms with Crippen molar-refractivity contribution in [2.45, 2.75) is 50.5 Å². The van der Waals surface area contributed by atoms with Gasteiger partial charge in [0.15, 0.2) is 5.82 Å². The summed E-state index contributed by atoms with van der Waals surface area (Å²) < 4.78 is 21.3. The smallest absolute Gasteiger partial charge is 0.229 e. The Labute approximate surface area is 146 Å². The summed E-state index contributed by atoms with van der Waals surface area (Å²) in [7, 11) is 4.00. The lowest BCUT2D eigenvalue weighted by molar-refractivity contribution is 0.174. The standard InChI is InChI=1S/C17H25FN6O/c1-22(10-15-20-17(25-21-15)12-3-4-12)9-14-7-13(18)8-24(14)11-16-19-5-6-23(16)2/h5-6,12-14H,3-4,7-11H2,1-2H3/t13-,14-/m0/s1. The van der Waals surface area contributed by atoms with E-state index in [0.29, 0.717) is 32.0 Å². The van der Waals surface area contributed by atoms with E-state index in [0.717, 1.165) is 36.9 Å². The molecule has 0 amide bonds. The molecule has 1 saturated carbocycles. The van der Waals surface area contributed by atoms with Gasteiger partial charge in [-0.15, -0.1) is 0 Å². The van der Waals surface area contributed by atoms with E-state index < -0.39 is 6.17 Å². The lowest BCUT2D eigenvalue weighted by atomic mass is 10.2. The van der Waals surface area contributed by atoms with Crippen LogP contribution in [0.2, 0.25) is 0 Å². The molecule has 1 saturated heterocycles. The minimum Gasteiger partial charge on any atom is -0.339 e. The van der Waals surface area contributed by atoms with Crippen molar-refractivity contribution in [3.63, 3.8) is 0 Å². The Kier molecular flexibility index (Phi) is 4.56. The maximum Gasteiger partial charge on any atom is 0.229 e. The first kappa shape index (κ1) is 16.7. The van der Waals surface area contributed by atoms with E-state index in [-0.39, 0.29) is 6.04 Å². The fourth-order valence-electron chi connectivity index (χ4n) is 3.53. The summed E-state index contributed by atoms with van der Waals surface area (Å²) in [5.74, 6) is 2.93. The topological polar surface area (TPSA) is 63.2 Å². The van der Waals surface area contributed by atoms with Crippen LogP contribution >= 0.6 is 0 Å². The van der Waals surface area contributed by atoms with Gasteiger partial charge in [0.2, 0.25) is 5.89 Å². The van der Waals surface area contributed by atoms with Gasteiger partial charge < -0.3 is 9.09 Å². The molecule has 2 aromatic heterocycles. The Morgan fingerprint density at radius 1 is 1.40 bits per heavy atom. The van der Waals surface area contributed by atoms with Crippen molar-refractivity contribution in [2.24, 2.45) is 7.05 Å². The number of likely N-dealkylation sites (tertiary alicyclic amines) is 1. The van der Waals surface area contributed by atoms with Crippen LogP contribution in [0.5, 0.6) is 0 Å². The molecular weight excluding hydrogens is 323 g/mol. The van der Waals surface area contributed by atoms with Crippen LogP contribution in [0.25, 0.3) is 0 Å². The highest BCUT2D eigenvalue weighted by atomic mass is 19.1. The molecule has 2 aromatic rings. The normalized spacial score (nSPS) is 24.5. The summed E-state index contributed by atoms with van der Waals surface area (Å²) in [5, 5.41) is 4.07. The highest BCUT2D eigenvalue weighted by Crippen LogP contribution is 2.38. The van der Waals surface area contributed by atoms with E-state index in [1.54, 1.807) is 6.20 Å². The number of hydrogen-bond donors (Lipinski definition) is 0. The van der Waals surface area contributed by atoms with Gasteiger partial charge in [0.05, 0.1) is 13.1 Å². The Balaban J connectivity index is 1.34. The Hall–Kier alpha value is -1.80. The van der Waals surface area contributed by atoms with Gasteiger partial charge in [-0.2, -0.15) is 4.98 Å². The molecule has 7 nitrogen and oxygen atoms in total. The second-order valence-electron chi connectivity index (χ2n) is 7.39. The van der Waals surface area contributed by atoms with Gasteiger partial charge >= 0.3 is 0 Å². The average Bonchev–Trinajstić information content (AvgIpc) is 3.03. The van der Waals surface area contributed by atoms with Crippen LogP contribution in [0.3, 0.4) is 0 Å². The molecule has 0 aromatic carbocycles. The van der Waals surface area contributed by atoms with E-state index >= 15 is 0 Å². The van der Waals surface area contributed by atoms with Crippen molar-refractivity contribution >= 4 is 0 Å². The quantitative estimate of drug-likeness (QED) is 0.759. The zero-order chi connectivity index (χ0) is 17.4. The average molecular weight is 348 g/mol. The minimum absolute atomic E-state index is 0.173. The number of alkyl halides is 1. The number of rotatable bonds is 7. The van der Waals surface area contributed by atoms with Crippen molar-refractivity contribution in [1.29, 1.82) is 0 Å². The molecule has 4 rings (SSSR count). The second-order valence-corrected chi connectivity index (χ2v) is 7.39. The molecule has 2 atom stereocenters. The van der Waals surface area contributed by atoms with E-state index in [1.165, 1.54) is 0 Å². The summed E-state index contributed by atoms with van der Waals surface area (Å²) in [6, 6.07) is 0.173. The van der Waals surface area contributed by atoms with Gasteiger partial charge in [-0.05, 0) is 26.3 Å². The zero-order valence-corrected chi connectivity index (χ0v) is 14.8. The first-order chi connectivity index (χ1) is 12.1. The number of halogens is 1. The van der Waals surface area contributed by atoms with E-state index in [4.69, 9.17) is 4.52 Å². The Morgan fingerprint density at radius 2 is 2.24 bits per heavy atom. The fraction of sp³-hybridized carbons (Fsp3) is 0.706. The molecule has 25 heavy (non-hydrogen) atoms. The number of likely N-dealkylation sites (N-methyl/N-ethyl adjacent to an activating group) is 1. The van der Waals surface area contributed by atoms with Crippen molar-refractivity contribution in [3.8, 4) is 0 Å². The number of aromatic nitrogens is 4. The molecule has 0 spiro atoms. The molecule has 0 N–H and O–H groups in total. The molecular formula is C17H25FN6O. The SMILES string of the molecule is CN(Cc1noc(C2CC2)n1)C[C@@H]1C[C@H](F)CN1Cc1nccn1C. The predicted molar refractivity (Wildman–Crippen MR) is 89.5 cm³/mol. The number of nitrogens with zero attached hydrogens (tertiary/aromatic N) is 6. The zero-order valence-electron chi connectivity index (χ0n) is 14.8. The molecule has 0 radical (unpaired) electrons. The van der Waals surface area contributed by atoms with Gasteiger partial charge in [-0.3, -0.25) is 9.80 Å². The van der Waals surface area contributed by atoms with E-state index in [2.05, 4.69) is 24.9 Å². The van der Waals surface area contributed by atoms with Gasteiger partial charge in [-0.1, -0.05) is 5.16 Å². The fourth-order valence-corrected chi connectivity index (χ4v) is 3.53. The summed E-state index contributed by atoms with van der Waals surface area (Å²) >= 11 is 0. The van der Waals surface area contributed by atoms with Crippen LogP contribution < -0.4 is 0 Å². The van der Waals surface area contributed by atoms with Crippen LogP contribution in [-0.4, -0.2) is 61.8 Å². The van der Waals surface area contributed by atoms with Crippen LogP contribution in [-0.2, 0) is 20.1 Å². The Morgan fingerprint density at radius 3 is 2.96 bits per heavy atom. The van der Waals surface area contributed by atoms with E-state index in [9.17, 15) is 4.39 Å². The monoisotopic (exact) mass is 348 g/mol. The van der Waals surface area contributed by atoms with E-state index in [1.807, 2.05) is 24.9 Å². The summed E-state index contributed by atoms with van der Waals surface area (Å²) in [6.45, 7) is 2.55. The van der Waals surface area contributed by atoms with Crippen molar-refractivity contribution in [3.05, 3.63) is 29.9 Å². The second kappa shape index (κ2) is 6.84.